The van der Waals surface area contributed by atoms with Crippen molar-refractivity contribution in [3.8, 4) is 5.75 Å². The Morgan fingerprint density at radius 2 is 1.95 bits per heavy atom. The Morgan fingerprint density at radius 3 is 2.68 bits per heavy atom. The first-order chi connectivity index (χ1) is 9.20. The van der Waals surface area contributed by atoms with Crippen LogP contribution in [0, 0.1) is 0 Å². The van der Waals surface area contributed by atoms with Crippen molar-refractivity contribution >= 4 is 12.1 Å². The van der Waals surface area contributed by atoms with Crippen molar-refractivity contribution in [3.05, 3.63) is 65.2 Å². The summed E-state index contributed by atoms with van der Waals surface area (Å²) < 4.78 is 5.61. The third-order valence-electron chi connectivity index (χ3n) is 2.79. The number of Topliss-reactive ketones (excluding diaryl/α,β-unsaturated/α-hetero) is 1. The Balaban J connectivity index is 2.14. The van der Waals surface area contributed by atoms with E-state index in [9.17, 15) is 9.59 Å². The normalized spacial score (nSPS) is 9.95. The molecule has 96 valence electrons. The number of aldehydes is 1. The molecule has 0 aliphatic carbocycles. The summed E-state index contributed by atoms with van der Waals surface area (Å²) in [6.45, 7) is 1.84. The molecule has 3 heteroatoms. The lowest BCUT2D eigenvalue weighted by Crippen LogP contribution is -2.03. The van der Waals surface area contributed by atoms with Crippen LogP contribution in [0.25, 0.3) is 0 Å². The SMILES string of the molecule is CC(=O)c1ccccc1COc1cccc(C=O)c1. The van der Waals surface area contributed by atoms with Crippen LogP contribution in [0.4, 0.5) is 0 Å². The van der Waals surface area contributed by atoms with E-state index in [-0.39, 0.29) is 5.78 Å². The van der Waals surface area contributed by atoms with Crippen molar-refractivity contribution in [2.24, 2.45) is 0 Å². The lowest BCUT2D eigenvalue weighted by Gasteiger charge is -2.09. The molecule has 0 fully saturated rings. The van der Waals surface area contributed by atoms with Crippen LogP contribution in [0.15, 0.2) is 48.5 Å². The van der Waals surface area contributed by atoms with E-state index in [0.717, 1.165) is 11.8 Å². The van der Waals surface area contributed by atoms with Gasteiger partial charge in [-0.05, 0) is 19.1 Å². The van der Waals surface area contributed by atoms with Crippen LogP contribution in [0.2, 0.25) is 0 Å². The number of hydrogen-bond acceptors (Lipinski definition) is 3. The molecule has 2 aromatic rings. The molecule has 0 amide bonds. The molecular weight excluding hydrogens is 240 g/mol. The molecule has 0 heterocycles. The molecule has 0 spiro atoms. The standard InChI is InChI=1S/C16H14O3/c1-12(18)16-8-3-2-6-14(16)11-19-15-7-4-5-13(9-15)10-17/h2-10H,11H2,1H3. The second kappa shape index (κ2) is 5.96. The smallest absolute Gasteiger partial charge is 0.160 e. The van der Waals surface area contributed by atoms with Crippen molar-refractivity contribution in [1.29, 1.82) is 0 Å². The second-order valence-corrected chi connectivity index (χ2v) is 4.19. The van der Waals surface area contributed by atoms with Crippen LogP contribution in [-0.2, 0) is 6.61 Å². The lowest BCUT2D eigenvalue weighted by molar-refractivity contribution is 0.101. The summed E-state index contributed by atoms with van der Waals surface area (Å²) >= 11 is 0. The van der Waals surface area contributed by atoms with Gasteiger partial charge in [0.1, 0.15) is 18.6 Å². The van der Waals surface area contributed by atoms with Gasteiger partial charge in [0.25, 0.3) is 0 Å². The summed E-state index contributed by atoms with van der Waals surface area (Å²) in [5.74, 6) is 0.629. The van der Waals surface area contributed by atoms with Crippen LogP contribution in [0.1, 0.15) is 33.2 Å². The summed E-state index contributed by atoms with van der Waals surface area (Å²) in [4.78, 5) is 22.2. The summed E-state index contributed by atoms with van der Waals surface area (Å²) in [7, 11) is 0. The molecule has 19 heavy (non-hydrogen) atoms. The topological polar surface area (TPSA) is 43.4 Å². The number of carbonyl (C=O) groups is 2. The van der Waals surface area contributed by atoms with E-state index >= 15 is 0 Å². The number of benzene rings is 2. The predicted octanol–water partition coefficient (Wildman–Crippen LogP) is 3.28. The van der Waals surface area contributed by atoms with E-state index in [0.29, 0.717) is 23.5 Å². The summed E-state index contributed by atoms with van der Waals surface area (Å²) in [5.41, 5.74) is 2.07. The first kappa shape index (κ1) is 13.0. The third kappa shape index (κ3) is 3.28. The van der Waals surface area contributed by atoms with E-state index in [4.69, 9.17) is 4.74 Å². The maximum atomic E-state index is 11.5. The Morgan fingerprint density at radius 1 is 1.16 bits per heavy atom. The number of hydrogen-bond donors (Lipinski definition) is 0. The highest BCUT2D eigenvalue weighted by Crippen LogP contribution is 2.16. The Hall–Kier alpha value is -2.42. The Kier molecular flexibility index (Phi) is 4.08. The van der Waals surface area contributed by atoms with E-state index in [1.807, 2.05) is 18.2 Å². The molecule has 0 aromatic heterocycles. The monoisotopic (exact) mass is 254 g/mol. The molecule has 0 aliphatic rings. The largest absolute Gasteiger partial charge is 0.489 e. The summed E-state index contributed by atoms with van der Waals surface area (Å²) in [6.07, 6.45) is 0.774. The van der Waals surface area contributed by atoms with E-state index in [1.165, 1.54) is 6.92 Å². The van der Waals surface area contributed by atoms with Gasteiger partial charge in [0.2, 0.25) is 0 Å². The average Bonchev–Trinajstić information content (AvgIpc) is 2.45. The van der Waals surface area contributed by atoms with Crippen LogP contribution >= 0.6 is 0 Å². The van der Waals surface area contributed by atoms with Crippen molar-refractivity contribution in [1.82, 2.24) is 0 Å². The fraction of sp³-hybridized carbons (Fsp3) is 0.125. The second-order valence-electron chi connectivity index (χ2n) is 4.19. The van der Waals surface area contributed by atoms with Gasteiger partial charge in [-0.2, -0.15) is 0 Å². The number of carbonyl (C=O) groups excluding carboxylic acids is 2. The zero-order chi connectivity index (χ0) is 13.7. The highest BCUT2D eigenvalue weighted by molar-refractivity contribution is 5.95. The molecule has 0 bridgehead atoms. The highest BCUT2D eigenvalue weighted by atomic mass is 16.5. The van der Waals surface area contributed by atoms with Crippen molar-refractivity contribution in [2.45, 2.75) is 13.5 Å². The molecule has 0 aliphatic heterocycles. The lowest BCUT2D eigenvalue weighted by atomic mass is 10.1. The predicted molar refractivity (Wildman–Crippen MR) is 72.6 cm³/mol. The minimum Gasteiger partial charge on any atom is -0.489 e. The average molecular weight is 254 g/mol. The molecule has 0 unspecified atom stereocenters. The van der Waals surface area contributed by atoms with Crippen molar-refractivity contribution in [3.63, 3.8) is 0 Å². The van der Waals surface area contributed by atoms with Gasteiger partial charge >= 0.3 is 0 Å². The van der Waals surface area contributed by atoms with Crippen LogP contribution in [-0.4, -0.2) is 12.1 Å². The zero-order valence-corrected chi connectivity index (χ0v) is 10.6. The molecular formula is C16H14O3. The van der Waals surface area contributed by atoms with Crippen molar-refractivity contribution < 1.29 is 14.3 Å². The third-order valence-corrected chi connectivity index (χ3v) is 2.79. The van der Waals surface area contributed by atoms with Gasteiger partial charge in [0.05, 0.1) is 0 Å². The number of rotatable bonds is 5. The van der Waals surface area contributed by atoms with Crippen LogP contribution in [0.5, 0.6) is 5.75 Å². The minimum absolute atomic E-state index is 0.0147. The van der Waals surface area contributed by atoms with Gasteiger partial charge in [0, 0.05) is 16.7 Å². The van der Waals surface area contributed by atoms with Gasteiger partial charge in [-0.3, -0.25) is 9.59 Å². The van der Waals surface area contributed by atoms with Crippen molar-refractivity contribution in [2.75, 3.05) is 0 Å². The molecule has 0 saturated heterocycles. The fourth-order valence-electron chi connectivity index (χ4n) is 1.83. The Bertz CT molecular complexity index is 602. The maximum Gasteiger partial charge on any atom is 0.160 e. The first-order valence-corrected chi connectivity index (χ1v) is 5.97. The molecule has 0 atom stereocenters. The van der Waals surface area contributed by atoms with E-state index in [1.54, 1.807) is 30.3 Å². The maximum absolute atomic E-state index is 11.5. The van der Waals surface area contributed by atoms with Gasteiger partial charge in [-0.1, -0.05) is 36.4 Å². The Labute approximate surface area is 111 Å². The minimum atomic E-state index is 0.0147. The van der Waals surface area contributed by atoms with Crippen LogP contribution in [0.3, 0.4) is 0 Å². The first-order valence-electron chi connectivity index (χ1n) is 5.97. The molecule has 3 nitrogen and oxygen atoms in total. The van der Waals surface area contributed by atoms with Gasteiger partial charge in [-0.25, -0.2) is 0 Å². The quantitative estimate of drug-likeness (QED) is 0.607. The number of ketones is 1. The molecule has 2 aromatic carbocycles. The zero-order valence-electron chi connectivity index (χ0n) is 10.6. The van der Waals surface area contributed by atoms with Crippen LogP contribution < -0.4 is 4.74 Å². The summed E-state index contributed by atoms with van der Waals surface area (Å²) in [5, 5.41) is 0. The van der Waals surface area contributed by atoms with Gasteiger partial charge < -0.3 is 4.74 Å². The summed E-state index contributed by atoms with van der Waals surface area (Å²) in [6, 6.07) is 14.3. The highest BCUT2D eigenvalue weighted by Gasteiger charge is 2.06. The van der Waals surface area contributed by atoms with Gasteiger partial charge in [0.15, 0.2) is 5.78 Å². The molecule has 2 rings (SSSR count). The van der Waals surface area contributed by atoms with E-state index < -0.39 is 0 Å². The molecule has 0 N–H and O–H groups in total. The number of ether oxygens (including phenoxy) is 1. The van der Waals surface area contributed by atoms with Gasteiger partial charge in [-0.15, -0.1) is 0 Å². The molecule has 0 saturated carbocycles. The van der Waals surface area contributed by atoms with E-state index in [2.05, 4.69) is 0 Å². The fourth-order valence-corrected chi connectivity index (χ4v) is 1.83. The molecule has 0 radical (unpaired) electrons.